The van der Waals surface area contributed by atoms with Crippen LogP contribution in [0.15, 0.2) is 65.8 Å². The molecule has 2 heterocycles. The lowest BCUT2D eigenvalue weighted by atomic mass is 9.97. The van der Waals surface area contributed by atoms with Gasteiger partial charge in [-0.25, -0.2) is 4.79 Å². The van der Waals surface area contributed by atoms with E-state index in [1.165, 1.54) is 0 Å². The number of aliphatic hydroxyl groups excluding tert-OH is 1. The molecule has 0 spiro atoms. The van der Waals surface area contributed by atoms with Crippen molar-refractivity contribution in [1.82, 2.24) is 4.90 Å². The first-order valence-electron chi connectivity index (χ1n) is 16.2. The van der Waals surface area contributed by atoms with Gasteiger partial charge in [-0.3, -0.25) is 0 Å². The van der Waals surface area contributed by atoms with Crippen molar-refractivity contribution in [3.8, 4) is 0 Å². The number of fused-ring (bicyclic) bond motifs is 1. The Morgan fingerprint density at radius 1 is 1.00 bits per heavy atom. The molecular formula is C34H50N4O7Si. The Labute approximate surface area is 274 Å². The van der Waals surface area contributed by atoms with Crippen molar-refractivity contribution in [1.29, 1.82) is 0 Å². The van der Waals surface area contributed by atoms with Gasteiger partial charge in [0.2, 0.25) is 0 Å². The summed E-state index contributed by atoms with van der Waals surface area (Å²) in [5.41, 5.74) is 11.3. The maximum atomic E-state index is 13.0. The molecule has 2 aromatic rings. The Morgan fingerprint density at radius 3 is 2.24 bits per heavy atom. The first-order valence-corrected chi connectivity index (χ1v) is 18.0. The smallest absolute Gasteiger partial charge is 0.410 e. The van der Waals surface area contributed by atoms with Gasteiger partial charge in [-0.15, -0.1) is 0 Å². The van der Waals surface area contributed by atoms with E-state index in [4.69, 9.17) is 23.1 Å². The molecule has 0 unspecified atom stereocenters. The molecule has 0 saturated carbocycles. The van der Waals surface area contributed by atoms with Gasteiger partial charge >= 0.3 is 14.7 Å². The number of hydrogen-bond acceptors (Lipinski definition) is 8. The van der Waals surface area contributed by atoms with Gasteiger partial charge in [-0.1, -0.05) is 107 Å². The standard InChI is InChI=1S/C34H50N4O7Si/c1-33(2,3)46(34(4,5)6)43-24-27-30(45-46)29(39)28(36-37-35)31(44-27)41-21-15-9-14-20-38(22-25-16-10-7-11-17-25)32(40)42-23-26-18-12-8-13-19-26/h7-8,10-13,16-19,27-31,39H,9,14-15,20-24H2,1-6H3/t27-,28-,29-,30-,31+/m1/s1. The SMILES string of the molecule is CC(C)(C)[Si]1(C(C)(C)C)OC[C@H]2O[C@H](OCCCCCN(Cc3ccccc3)C(=O)OCc3ccccc3)[C@H](N=[N+]=[N-])[C@@H](O)[C@@H]2O1. The molecule has 5 atom stereocenters. The van der Waals surface area contributed by atoms with Crippen LogP contribution >= 0.6 is 0 Å². The summed E-state index contributed by atoms with van der Waals surface area (Å²) < 4.78 is 31.1. The van der Waals surface area contributed by atoms with Crippen molar-refractivity contribution in [3.05, 3.63) is 82.2 Å². The second kappa shape index (κ2) is 15.8. The van der Waals surface area contributed by atoms with Crippen LogP contribution in [0, 0.1) is 0 Å². The highest BCUT2D eigenvalue weighted by Gasteiger charge is 2.64. The summed E-state index contributed by atoms with van der Waals surface area (Å²) in [5, 5.41) is 14.7. The van der Waals surface area contributed by atoms with E-state index < -0.39 is 39.2 Å². The third-order valence-corrected chi connectivity index (χ3v) is 13.7. The molecule has 1 amide bonds. The molecule has 46 heavy (non-hydrogen) atoms. The largest absolute Gasteiger partial charge is 0.445 e. The molecule has 2 saturated heterocycles. The lowest BCUT2D eigenvalue weighted by Crippen LogP contribution is -2.71. The predicted molar refractivity (Wildman–Crippen MR) is 177 cm³/mol. The molecule has 0 aliphatic carbocycles. The number of aliphatic hydroxyl groups is 1. The zero-order valence-electron chi connectivity index (χ0n) is 28.0. The monoisotopic (exact) mass is 654 g/mol. The highest BCUT2D eigenvalue weighted by Crippen LogP contribution is 2.55. The first-order chi connectivity index (χ1) is 21.9. The van der Waals surface area contributed by atoms with Crippen molar-refractivity contribution in [2.75, 3.05) is 19.8 Å². The van der Waals surface area contributed by atoms with Gasteiger partial charge in [-0.05, 0) is 35.9 Å². The molecule has 0 aromatic heterocycles. The van der Waals surface area contributed by atoms with Gasteiger partial charge in [0.15, 0.2) is 6.29 Å². The molecule has 2 aromatic carbocycles. The van der Waals surface area contributed by atoms with E-state index in [1.807, 2.05) is 60.7 Å². The van der Waals surface area contributed by atoms with Crippen LogP contribution in [0.4, 0.5) is 4.79 Å². The maximum absolute atomic E-state index is 13.0. The summed E-state index contributed by atoms with van der Waals surface area (Å²) in [7, 11) is -2.87. The van der Waals surface area contributed by atoms with Crippen LogP contribution in [-0.2, 0) is 36.2 Å². The summed E-state index contributed by atoms with van der Waals surface area (Å²) in [5.74, 6) is 0. The highest BCUT2D eigenvalue weighted by molar-refractivity contribution is 6.73. The summed E-state index contributed by atoms with van der Waals surface area (Å²) in [6, 6.07) is 18.5. The number of nitrogens with zero attached hydrogens (tertiary/aromatic N) is 4. The lowest BCUT2D eigenvalue weighted by molar-refractivity contribution is -0.276. The molecular weight excluding hydrogens is 604 g/mol. The maximum Gasteiger partial charge on any atom is 0.410 e. The quantitative estimate of drug-likeness (QED) is 0.0838. The number of benzene rings is 2. The van der Waals surface area contributed by atoms with Crippen LogP contribution in [-0.4, -0.2) is 75.1 Å². The number of carbonyl (C=O) groups is 1. The van der Waals surface area contributed by atoms with E-state index in [9.17, 15) is 15.4 Å². The molecule has 2 aliphatic rings. The topological polar surface area (TPSA) is 135 Å². The summed E-state index contributed by atoms with van der Waals surface area (Å²) in [6.07, 6.45) is -1.43. The molecule has 0 radical (unpaired) electrons. The minimum absolute atomic E-state index is 0.214. The average Bonchev–Trinajstić information content (AvgIpc) is 3.02. The van der Waals surface area contributed by atoms with Crippen LogP contribution in [0.5, 0.6) is 0 Å². The summed E-state index contributed by atoms with van der Waals surface area (Å²) >= 11 is 0. The fourth-order valence-corrected chi connectivity index (χ4v) is 11.4. The third kappa shape index (κ3) is 8.68. The van der Waals surface area contributed by atoms with Gasteiger partial charge in [-0.2, -0.15) is 0 Å². The first kappa shape index (κ1) is 35.9. The highest BCUT2D eigenvalue weighted by atomic mass is 28.4. The van der Waals surface area contributed by atoms with Gasteiger partial charge in [0.05, 0.1) is 12.7 Å². The van der Waals surface area contributed by atoms with Gasteiger partial charge < -0.3 is 33.1 Å². The number of ether oxygens (including phenoxy) is 3. The second-order valence-corrected chi connectivity index (χ2v) is 18.9. The fraction of sp³-hybridized carbons (Fsp3) is 0.618. The van der Waals surface area contributed by atoms with Crippen LogP contribution in [0.3, 0.4) is 0 Å². The van der Waals surface area contributed by atoms with Crippen LogP contribution in [0.1, 0.15) is 71.9 Å². The van der Waals surface area contributed by atoms with E-state index in [1.54, 1.807) is 4.90 Å². The Hall–Kier alpha value is -2.96. The minimum atomic E-state index is -2.87. The average molecular weight is 655 g/mol. The lowest BCUT2D eigenvalue weighted by Gasteiger charge is -2.57. The number of carbonyl (C=O) groups excluding carboxylic acids is 1. The fourth-order valence-electron chi connectivity index (χ4n) is 6.47. The van der Waals surface area contributed by atoms with E-state index in [0.717, 1.165) is 24.0 Å². The van der Waals surface area contributed by atoms with Crippen LogP contribution < -0.4 is 0 Å². The predicted octanol–water partition coefficient (Wildman–Crippen LogP) is 7.23. The van der Waals surface area contributed by atoms with Crippen molar-refractivity contribution in [2.24, 2.45) is 5.11 Å². The summed E-state index contributed by atoms with van der Waals surface area (Å²) in [6.45, 7) is 14.4. The third-order valence-electron chi connectivity index (χ3n) is 8.59. The Bertz CT molecular complexity index is 1280. The van der Waals surface area contributed by atoms with Crippen LogP contribution in [0.25, 0.3) is 10.4 Å². The molecule has 0 bridgehead atoms. The van der Waals surface area contributed by atoms with Gasteiger partial charge in [0, 0.05) is 34.7 Å². The van der Waals surface area contributed by atoms with Crippen LogP contribution in [0.2, 0.25) is 10.1 Å². The van der Waals surface area contributed by atoms with Crippen molar-refractivity contribution in [3.63, 3.8) is 0 Å². The Morgan fingerprint density at radius 2 is 1.63 bits per heavy atom. The van der Waals surface area contributed by atoms with E-state index in [-0.39, 0.29) is 29.4 Å². The van der Waals surface area contributed by atoms with Gasteiger partial charge in [0.25, 0.3) is 0 Å². The Kier molecular flexibility index (Phi) is 12.3. The van der Waals surface area contributed by atoms with E-state index in [0.29, 0.717) is 26.1 Å². The number of unbranched alkanes of at least 4 members (excludes halogenated alkanes) is 2. The summed E-state index contributed by atoms with van der Waals surface area (Å²) in [4.78, 5) is 17.7. The molecule has 252 valence electrons. The normalized spacial score (nSPS) is 24.4. The zero-order valence-corrected chi connectivity index (χ0v) is 29.0. The molecule has 2 aliphatic heterocycles. The molecule has 12 heteroatoms. The number of rotatable bonds is 12. The number of hydrogen-bond donors (Lipinski definition) is 1. The number of amides is 1. The molecule has 1 N–H and O–H groups in total. The molecule has 11 nitrogen and oxygen atoms in total. The second-order valence-electron chi connectivity index (χ2n) is 14.1. The van der Waals surface area contributed by atoms with Crippen molar-refractivity contribution >= 4 is 14.7 Å². The van der Waals surface area contributed by atoms with Gasteiger partial charge in [0.1, 0.15) is 24.9 Å². The minimum Gasteiger partial charge on any atom is -0.445 e. The molecule has 2 fully saturated rings. The zero-order chi connectivity index (χ0) is 33.4. The van der Waals surface area contributed by atoms with E-state index in [2.05, 4.69) is 51.6 Å². The van der Waals surface area contributed by atoms with E-state index >= 15 is 0 Å². The molecule has 4 rings (SSSR count). The number of azide groups is 1. The Balaban J connectivity index is 1.30. The van der Waals surface area contributed by atoms with Crippen molar-refractivity contribution < 1.29 is 33.0 Å². The van der Waals surface area contributed by atoms with Crippen molar-refractivity contribution in [2.45, 2.75) is 115 Å².